The highest BCUT2D eigenvalue weighted by Gasteiger charge is 2.20. The molecule has 29 heavy (non-hydrogen) atoms. The fourth-order valence-electron chi connectivity index (χ4n) is 3.45. The van der Waals surface area contributed by atoms with E-state index in [1.165, 1.54) is 9.13 Å². The Bertz CT molecular complexity index is 1490. The third kappa shape index (κ3) is 2.78. The van der Waals surface area contributed by atoms with Gasteiger partial charge in [-0.05, 0) is 17.7 Å². The highest BCUT2D eigenvalue weighted by atomic mass is 35.5. The maximum absolute atomic E-state index is 13.2. The maximum Gasteiger partial charge on any atom is 0.332 e. The van der Waals surface area contributed by atoms with Gasteiger partial charge in [-0.25, -0.2) is 4.79 Å². The van der Waals surface area contributed by atoms with Crippen molar-refractivity contribution in [3.05, 3.63) is 92.2 Å². The molecule has 0 amide bonds. The number of aryl methyl sites for hydroxylation is 1. The number of benzene rings is 2. The molecule has 0 aliphatic heterocycles. The average Bonchev–Trinajstić information content (AvgIpc) is 3.28. The molecular formula is C21H15ClN4O3. The van der Waals surface area contributed by atoms with Crippen molar-refractivity contribution in [2.45, 2.75) is 6.54 Å². The van der Waals surface area contributed by atoms with Gasteiger partial charge in [0.2, 0.25) is 0 Å². The second kappa shape index (κ2) is 6.49. The van der Waals surface area contributed by atoms with Gasteiger partial charge in [0, 0.05) is 17.6 Å². The fourth-order valence-corrected chi connectivity index (χ4v) is 3.66. The zero-order valence-electron chi connectivity index (χ0n) is 15.4. The Balaban J connectivity index is 1.74. The number of fused-ring (bicyclic) bond motifs is 3. The summed E-state index contributed by atoms with van der Waals surface area (Å²) in [6.07, 6.45) is 1.72. The Morgan fingerprint density at radius 3 is 2.62 bits per heavy atom. The topological polar surface area (TPSA) is 74.4 Å². The largest absolute Gasteiger partial charge is 0.423 e. The second-order valence-electron chi connectivity index (χ2n) is 6.76. The molecule has 0 N–H and O–H groups in total. The number of rotatable bonds is 3. The Morgan fingerprint density at radius 2 is 1.86 bits per heavy atom. The molecule has 0 spiro atoms. The number of hydrogen-bond acceptors (Lipinski definition) is 4. The molecule has 0 unspecified atom stereocenters. The summed E-state index contributed by atoms with van der Waals surface area (Å²) in [5.74, 6) is 0.844. The van der Waals surface area contributed by atoms with Crippen molar-refractivity contribution in [3.63, 3.8) is 0 Å². The SMILES string of the molecule is Cn1c(=O)n(Cc2cccc(Cl)c2)c(=O)c2c1nc1oc(-c3ccccc3)cn12. The van der Waals surface area contributed by atoms with Crippen molar-refractivity contribution < 1.29 is 4.42 Å². The van der Waals surface area contributed by atoms with Crippen molar-refractivity contribution in [2.24, 2.45) is 7.05 Å². The van der Waals surface area contributed by atoms with E-state index in [0.717, 1.165) is 11.1 Å². The maximum atomic E-state index is 13.2. The predicted molar refractivity (Wildman–Crippen MR) is 110 cm³/mol. The van der Waals surface area contributed by atoms with E-state index in [2.05, 4.69) is 4.98 Å². The van der Waals surface area contributed by atoms with Gasteiger partial charge in [0.15, 0.2) is 16.9 Å². The summed E-state index contributed by atoms with van der Waals surface area (Å²) in [7, 11) is 1.59. The van der Waals surface area contributed by atoms with E-state index in [4.69, 9.17) is 16.0 Å². The van der Waals surface area contributed by atoms with E-state index in [-0.39, 0.29) is 23.6 Å². The van der Waals surface area contributed by atoms with E-state index in [0.29, 0.717) is 10.8 Å². The standard InChI is InChI=1S/C21H15ClN4O3/c1-24-18-17(19(27)26(21(24)28)11-13-6-5-9-15(22)10-13)25-12-16(29-20(25)23-18)14-7-3-2-4-8-14/h2-10,12H,11H2,1H3. The molecule has 0 aliphatic rings. The van der Waals surface area contributed by atoms with E-state index in [1.807, 2.05) is 36.4 Å². The third-order valence-corrected chi connectivity index (χ3v) is 5.11. The number of halogens is 1. The number of hydrogen-bond donors (Lipinski definition) is 0. The lowest BCUT2D eigenvalue weighted by Gasteiger charge is -2.08. The smallest absolute Gasteiger partial charge is 0.332 e. The summed E-state index contributed by atoms with van der Waals surface area (Å²) in [6.45, 7) is 0.110. The molecule has 8 heteroatoms. The molecule has 0 atom stereocenters. The van der Waals surface area contributed by atoms with Gasteiger partial charge >= 0.3 is 11.5 Å². The third-order valence-electron chi connectivity index (χ3n) is 4.88. The molecule has 0 aliphatic carbocycles. The Labute approximate surface area is 169 Å². The van der Waals surface area contributed by atoms with Gasteiger partial charge in [0.1, 0.15) is 0 Å². The summed E-state index contributed by atoms with van der Waals surface area (Å²) < 4.78 is 9.96. The first-order valence-corrected chi connectivity index (χ1v) is 9.32. The average molecular weight is 407 g/mol. The highest BCUT2D eigenvalue weighted by molar-refractivity contribution is 6.30. The molecule has 0 saturated carbocycles. The Hall–Kier alpha value is -3.58. The summed E-state index contributed by atoms with van der Waals surface area (Å²) in [4.78, 5) is 30.4. The molecule has 5 aromatic rings. The monoisotopic (exact) mass is 406 g/mol. The molecular weight excluding hydrogens is 392 g/mol. The van der Waals surface area contributed by atoms with Crippen LogP contribution < -0.4 is 11.2 Å². The van der Waals surface area contributed by atoms with Crippen molar-refractivity contribution in [2.75, 3.05) is 0 Å². The molecule has 0 saturated heterocycles. The quantitative estimate of drug-likeness (QED) is 0.460. The molecule has 0 radical (unpaired) electrons. The van der Waals surface area contributed by atoms with Crippen molar-refractivity contribution >= 4 is 28.6 Å². The van der Waals surface area contributed by atoms with Crippen molar-refractivity contribution in [3.8, 4) is 11.3 Å². The van der Waals surface area contributed by atoms with Crippen LogP contribution in [0, 0.1) is 0 Å². The number of imidazole rings is 1. The molecule has 3 heterocycles. The van der Waals surface area contributed by atoms with Gasteiger partial charge in [0.05, 0.1) is 12.7 Å². The lowest BCUT2D eigenvalue weighted by Crippen LogP contribution is -2.39. The Morgan fingerprint density at radius 1 is 1.07 bits per heavy atom. The van der Waals surface area contributed by atoms with Crippen LogP contribution in [-0.4, -0.2) is 18.5 Å². The second-order valence-corrected chi connectivity index (χ2v) is 7.20. The lowest BCUT2D eigenvalue weighted by atomic mass is 10.2. The van der Waals surface area contributed by atoms with Crippen LogP contribution in [0.4, 0.5) is 0 Å². The van der Waals surface area contributed by atoms with Gasteiger partial charge in [-0.1, -0.05) is 54.1 Å². The first-order chi connectivity index (χ1) is 14.0. The van der Waals surface area contributed by atoms with Crippen LogP contribution in [-0.2, 0) is 13.6 Å². The van der Waals surface area contributed by atoms with Gasteiger partial charge in [-0.15, -0.1) is 0 Å². The minimum absolute atomic E-state index is 0.110. The number of aromatic nitrogens is 4. The fraction of sp³-hybridized carbons (Fsp3) is 0.0952. The van der Waals surface area contributed by atoms with Crippen molar-refractivity contribution in [1.29, 1.82) is 0 Å². The highest BCUT2D eigenvalue weighted by Crippen LogP contribution is 2.24. The van der Waals surface area contributed by atoms with E-state index in [1.54, 1.807) is 35.8 Å². The minimum Gasteiger partial charge on any atom is -0.423 e. The van der Waals surface area contributed by atoms with Crippen molar-refractivity contribution in [1.82, 2.24) is 18.5 Å². The van der Waals surface area contributed by atoms with Crippen LogP contribution in [0.2, 0.25) is 5.02 Å². The molecule has 3 aromatic heterocycles. The van der Waals surface area contributed by atoms with Crippen LogP contribution in [0.25, 0.3) is 28.3 Å². The zero-order chi connectivity index (χ0) is 20.1. The molecule has 0 fully saturated rings. The lowest BCUT2D eigenvalue weighted by molar-refractivity contribution is 0.610. The zero-order valence-corrected chi connectivity index (χ0v) is 16.1. The molecule has 144 valence electrons. The van der Waals surface area contributed by atoms with E-state index < -0.39 is 11.2 Å². The van der Waals surface area contributed by atoms with Crippen LogP contribution >= 0.6 is 11.6 Å². The van der Waals surface area contributed by atoms with Gasteiger partial charge in [-0.3, -0.25) is 18.3 Å². The summed E-state index contributed by atoms with van der Waals surface area (Å²) >= 11 is 6.04. The Kier molecular flexibility index (Phi) is 3.92. The van der Waals surface area contributed by atoms with Gasteiger partial charge < -0.3 is 4.42 Å². The number of nitrogens with zero attached hydrogens (tertiary/aromatic N) is 4. The molecule has 0 bridgehead atoms. The van der Waals surface area contributed by atoms with Crippen LogP contribution in [0.5, 0.6) is 0 Å². The minimum atomic E-state index is -0.452. The number of oxazole rings is 1. The molecule has 7 nitrogen and oxygen atoms in total. The molecule has 5 rings (SSSR count). The molecule has 2 aromatic carbocycles. The van der Waals surface area contributed by atoms with E-state index in [9.17, 15) is 9.59 Å². The normalized spacial score (nSPS) is 11.5. The van der Waals surface area contributed by atoms with Crippen LogP contribution in [0.1, 0.15) is 5.56 Å². The first kappa shape index (κ1) is 17.5. The van der Waals surface area contributed by atoms with Gasteiger partial charge in [0.25, 0.3) is 5.56 Å². The first-order valence-electron chi connectivity index (χ1n) is 8.94. The summed E-state index contributed by atoms with van der Waals surface area (Å²) in [5.41, 5.74) is 1.31. The van der Waals surface area contributed by atoms with Crippen LogP contribution in [0.15, 0.2) is 74.8 Å². The summed E-state index contributed by atoms with van der Waals surface area (Å²) in [5, 5.41) is 0.544. The summed E-state index contributed by atoms with van der Waals surface area (Å²) in [6, 6.07) is 16.6. The predicted octanol–water partition coefficient (Wildman–Crippen LogP) is 3.31. The van der Waals surface area contributed by atoms with Crippen LogP contribution in [0.3, 0.4) is 0 Å². The van der Waals surface area contributed by atoms with Gasteiger partial charge in [-0.2, -0.15) is 4.98 Å². The van der Waals surface area contributed by atoms with E-state index >= 15 is 0 Å².